The van der Waals surface area contributed by atoms with E-state index in [1.54, 1.807) is 0 Å². The second kappa shape index (κ2) is 6.24. The van der Waals surface area contributed by atoms with E-state index >= 15 is 0 Å². The maximum Gasteiger partial charge on any atom is 0.239 e. The molecule has 0 bridgehead atoms. The van der Waals surface area contributed by atoms with Crippen LogP contribution in [0.3, 0.4) is 0 Å². The van der Waals surface area contributed by atoms with Crippen molar-refractivity contribution in [2.45, 2.75) is 65.0 Å². The molecule has 0 spiro atoms. The highest BCUT2D eigenvalue weighted by Gasteiger charge is 2.28. The lowest BCUT2D eigenvalue weighted by atomic mass is 10.0. The highest BCUT2D eigenvalue weighted by molar-refractivity contribution is 5.82. The van der Waals surface area contributed by atoms with Crippen molar-refractivity contribution >= 4 is 5.91 Å². The summed E-state index contributed by atoms with van der Waals surface area (Å²) in [5, 5.41) is 0. The van der Waals surface area contributed by atoms with Crippen LogP contribution >= 0.6 is 0 Å². The molecule has 16 heavy (non-hydrogen) atoms. The molecule has 0 aromatic carbocycles. The predicted octanol–water partition coefficient (Wildman–Crippen LogP) is 2.15. The van der Waals surface area contributed by atoms with Crippen molar-refractivity contribution in [2.75, 3.05) is 6.54 Å². The number of carbonyl (C=O) groups is 1. The number of hydrogen-bond donors (Lipinski definition) is 1. The Balaban J connectivity index is 2.69. The second-order valence-electron chi connectivity index (χ2n) is 5.21. The molecule has 0 aromatic rings. The van der Waals surface area contributed by atoms with Gasteiger partial charge >= 0.3 is 0 Å². The molecule has 0 saturated carbocycles. The van der Waals surface area contributed by atoms with Crippen LogP contribution in [0.15, 0.2) is 0 Å². The first-order valence-electron chi connectivity index (χ1n) is 6.64. The molecule has 3 heteroatoms. The molecule has 1 heterocycles. The Hall–Kier alpha value is -0.570. The molecule has 2 atom stereocenters. The summed E-state index contributed by atoms with van der Waals surface area (Å²) < 4.78 is 0. The van der Waals surface area contributed by atoms with Gasteiger partial charge in [-0.05, 0) is 25.2 Å². The number of carbonyl (C=O) groups excluding carboxylic acids is 1. The van der Waals surface area contributed by atoms with E-state index in [2.05, 4.69) is 6.92 Å². The van der Waals surface area contributed by atoms with E-state index in [1.165, 1.54) is 12.8 Å². The normalized spacial score (nSPS) is 24.3. The van der Waals surface area contributed by atoms with Crippen LogP contribution in [-0.2, 0) is 4.79 Å². The van der Waals surface area contributed by atoms with Crippen molar-refractivity contribution in [1.29, 1.82) is 0 Å². The van der Waals surface area contributed by atoms with Crippen LogP contribution < -0.4 is 5.73 Å². The summed E-state index contributed by atoms with van der Waals surface area (Å²) in [6.07, 6.45) is 5.83. The molecule has 0 radical (unpaired) electrons. The fourth-order valence-electron chi connectivity index (χ4n) is 2.37. The van der Waals surface area contributed by atoms with Crippen LogP contribution in [0.4, 0.5) is 0 Å². The molecular formula is C13H26N2O. The second-order valence-corrected chi connectivity index (χ2v) is 5.21. The van der Waals surface area contributed by atoms with E-state index in [1.807, 2.05) is 18.7 Å². The summed E-state index contributed by atoms with van der Waals surface area (Å²) in [7, 11) is 0. The first-order valence-corrected chi connectivity index (χ1v) is 6.64. The zero-order chi connectivity index (χ0) is 12.1. The van der Waals surface area contributed by atoms with Crippen molar-refractivity contribution in [3.63, 3.8) is 0 Å². The average molecular weight is 226 g/mol. The van der Waals surface area contributed by atoms with Crippen molar-refractivity contribution in [3.8, 4) is 0 Å². The molecular weight excluding hydrogens is 200 g/mol. The quantitative estimate of drug-likeness (QED) is 0.801. The van der Waals surface area contributed by atoms with E-state index in [0.29, 0.717) is 6.04 Å². The molecule has 1 saturated heterocycles. The van der Waals surface area contributed by atoms with Crippen LogP contribution in [0.1, 0.15) is 52.9 Å². The smallest absolute Gasteiger partial charge is 0.239 e. The number of nitrogens with two attached hydrogens (primary N) is 1. The largest absolute Gasteiger partial charge is 0.338 e. The summed E-state index contributed by atoms with van der Waals surface area (Å²) in [6.45, 7) is 7.09. The number of amides is 1. The summed E-state index contributed by atoms with van der Waals surface area (Å²) in [6, 6.07) is 0.0898. The highest BCUT2D eigenvalue weighted by Crippen LogP contribution is 2.20. The monoisotopic (exact) mass is 226 g/mol. The fourth-order valence-corrected chi connectivity index (χ4v) is 2.37. The van der Waals surface area contributed by atoms with Gasteiger partial charge in [0.25, 0.3) is 0 Å². The van der Waals surface area contributed by atoms with Gasteiger partial charge < -0.3 is 10.6 Å². The van der Waals surface area contributed by atoms with E-state index in [9.17, 15) is 4.79 Å². The third kappa shape index (κ3) is 3.21. The Labute approximate surface area is 99.4 Å². The van der Waals surface area contributed by atoms with Gasteiger partial charge in [0.05, 0.1) is 6.04 Å². The Morgan fingerprint density at radius 1 is 1.38 bits per heavy atom. The average Bonchev–Trinajstić information content (AvgIpc) is 2.51. The minimum absolute atomic E-state index is 0.156. The van der Waals surface area contributed by atoms with Crippen molar-refractivity contribution in [1.82, 2.24) is 4.90 Å². The lowest BCUT2D eigenvalue weighted by Gasteiger charge is -2.32. The SMILES string of the molecule is CCC1CCCCCN1C(=O)C(N)C(C)C. The van der Waals surface area contributed by atoms with E-state index < -0.39 is 0 Å². The molecule has 1 aliphatic heterocycles. The van der Waals surface area contributed by atoms with Crippen LogP contribution in [0, 0.1) is 5.92 Å². The van der Waals surface area contributed by atoms with Crippen LogP contribution in [0.5, 0.6) is 0 Å². The van der Waals surface area contributed by atoms with Crippen molar-refractivity contribution < 1.29 is 4.79 Å². The molecule has 3 nitrogen and oxygen atoms in total. The zero-order valence-electron chi connectivity index (χ0n) is 10.9. The third-order valence-electron chi connectivity index (χ3n) is 3.63. The minimum Gasteiger partial charge on any atom is -0.338 e. The molecule has 1 amide bonds. The molecule has 0 aliphatic carbocycles. The maximum absolute atomic E-state index is 12.3. The molecule has 2 unspecified atom stereocenters. The van der Waals surface area contributed by atoms with Gasteiger partial charge in [0.2, 0.25) is 5.91 Å². The highest BCUT2D eigenvalue weighted by atomic mass is 16.2. The molecule has 0 aromatic heterocycles. The van der Waals surface area contributed by atoms with E-state index in [4.69, 9.17) is 5.73 Å². The minimum atomic E-state index is -0.327. The lowest BCUT2D eigenvalue weighted by molar-refractivity contribution is -0.135. The molecule has 1 rings (SSSR count). The molecule has 2 N–H and O–H groups in total. The van der Waals surface area contributed by atoms with E-state index in [0.717, 1.165) is 25.8 Å². The van der Waals surface area contributed by atoms with Crippen molar-refractivity contribution in [2.24, 2.45) is 11.7 Å². The van der Waals surface area contributed by atoms with Gasteiger partial charge in [-0.2, -0.15) is 0 Å². The lowest BCUT2D eigenvalue weighted by Crippen LogP contribution is -2.50. The van der Waals surface area contributed by atoms with Crippen LogP contribution in [-0.4, -0.2) is 29.4 Å². The predicted molar refractivity (Wildman–Crippen MR) is 67.1 cm³/mol. The number of likely N-dealkylation sites (tertiary alicyclic amines) is 1. The summed E-state index contributed by atoms with van der Waals surface area (Å²) in [4.78, 5) is 14.3. The first-order chi connectivity index (χ1) is 7.57. The zero-order valence-corrected chi connectivity index (χ0v) is 10.9. The van der Waals surface area contributed by atoms with Crippen molar-refractivity contribution in [3.05, 3.63) is 0 Å². The first kappa shape index (κ1) is 13.5. The van der Waals surface area contributed by atoms with Crippen LogP contribution in [0.2, 0.25) is 0 Å². The van der Waals surface area contributed by atoms with Gasteiger partial charge in [0, 0.05) is 12.6 Å². The van der Waals surface area contributed by atoms with Gasteiger partial charge in [0.1, 0.15) is 0 Å². The number of rotatable bonds is 3. The molecule has 1 aliphatic rings. The molecule has 1 fully saturated rings. The molecule has 94 valence electrons. The topological polar surface area (TPSA) is 46.3 Å². The third-order valence-corrected chi connectivity index (χ3v) is 3.63. The van der Waals surface area contributed by atoms with Gasteiger partial charge in [-0.15, -0.1) is 0 Å². The summed E-state index contributed by atoms with van der Waals surface area (Å²) in [5.41, 5.74) is 5.97. The Morgan fingerprint density at radius 3 is 2.62 bits per heavy atom. The van der Waals surface area contributed by atoms with Gasteiger partial charge in [0.15, 0.2) is 0 Å². The Morgan fingerprint density at radius 2 is 2.06 bits per heavy atom. The summed E-state index contributed by atoms with van der Waals surface area (Å²) in [5.74, 6) is 0.386. The Kier molecular flexibility index (Phi) is 5.26. The summed E-state index contributed by atoms with van der Waals surface area (Å²) >= 11 is 0. The van der Waals surface area contributed by atoms with E-state index in [-0.39, 0.29) is 17.9 Å². The number of hydrogen-bond acceptors (Lipinski definition) is 2. The Bertz CT molecular complexity index is 228. The van der Waals surface area contributed by atoms with Crippen LogP contribution in [0.25, 0.3) is 0 Å². The van der Waals surface area contributed by atoms with Gasteiger partial charge in [-0.25, -0.2) is 0 Å². The standard InChI is InChI=1S/C13H26N2O/c1-4-11-8-6-5-7-9-15(11)13(16)12(14)10(2)3/h10-12H,4-9,14H2,1-3H3. The maximum atomic E-state index is 12.3. The fraction of sp³-hybridized carbons (Fsp3) is 0.923. The number of nitrogens with zero attached hydrogens (tertiary/aromatic N) is 1. The van der Waals surface area contributed by atoms with Gasteiger partial charge in [-0.1, -0.05) is 33.6 Å². The van der Waals surface area contributed by atoms with Gasteiger partial charge in [-0.3, -0.25) is 4.79 Å².